The summed E-state index contributed by atoms with van der Waals surface area (Å²) in [7, 11) is 0. The molecule has 2 rings (SSSR count). The Hall–Kier alpha value is -2.26. The number of carbonyl (C=O) groups is 2. The molecular weight excluding hydrogens is 260 g/mol. The number of hydrazine groups is 2. The highest BCUT2D eigenvalue weighted by atomic mass is 32.1. The fraction of sp³-hybridized carbons (Fsp3) is 0. The molecule has 1 aromatic rings. The van der Waals surface area contributed by atoms with Crippen LogP contribution in [0.2, 0.25) is 0 Å². The Morgan fingerprint density at radius 3 is 2.50 bits per heavy atom. The maximum atomic E-state index is 11.1. The quantitative estimate of drug-likeness (QED) is 0.588. The van der Waals surface area contributed by atoms with Crippen molar-refractivity contribution < 1.29 is 19.8 Å². The maximum Gasteiger partial charge on any atom is 0.337 e. The molecule has 18 heavy (non-hydrogen) atoms. The van der Waals surface area contributed by atoms with Gasteiger partial charge in [-0.25, -0.2) is 20.1 Å². The highest BCUT2D eigenvalue weighted by Gasteiger charge is 2.23. The third-order valence-electron chi connectivity index (χ3n) is 2.24. The van der Waals surface area contributed by atoms with Crippen LogP contribution in [-0.4, -0.2) is 33.0 Å². The van der Waals surface area contributed by atoms with Gasteiger partial charge in [-0.3, -0.25) is 0 Å². The molecule has 0 amide bonds. The minimum absolute atomic E-state index is 0.0305. The predicted octanol–water partition coefficient (Wildman–Crippen LogP) is 0.413. The van der Waals surface area contributed by atoms with Crippen LogP contribution in [0.1, 0.15) is 20.7 Å². The lowest BCUT2D eigenvalue weighted by Gasteiger charge is -2.22. The number of hydrogen-bond donors (Lipinski definition) is 4. The van der Waals surface area contributed by atoms with Gasteiger partial charge in [-0.2, -0.15) is 5.10 Å². The summed E-state index contributed by atoms with van der Waals surface area (Å²) in [5.74, 6) is -2.33. The van der Waals surface area contributed by atoms with E-state index < -0.39 is 11.9 Å². The Kier molecular flexibility index (Phi) is 3.08. The number of aromatic carboxylic acids is 2. The van der Waals surface area contributed by atoms with Gasteiger partial charge in [-0.15, -0.1) is 0 Å². The standard InChI is InChI=1S/C9H8N4O4S/c14-8(15)5-1-2-6(9(16)17)7(3-5)12-4-10-11-13(12)18/h1-4,11,18H,(H,14,15)(H,16,17). The van der Waals surface area contributed by atoms with Crippen LogP contribution in [0.5, 0.6) is 0 Å². The number of carboxylic acids is 2. The van der Waals surface area contributed by atoms with Gasteiger partial charge in [0.2, 0.25) is 0 Å². The van der Waals surface area contributed by atoms with E-state index >= 15 is 0 Å². The molecule has 0 aromatic heterocycles. The van der Waals surface area contributed by atoms with Crippen molar-refractivity contribution in [2.45, 2.75) is 0 Å². The zero-order valence-electron chi connectivity index (χ0n) is 8.81. The second-order valence-corrected chi connectivity index (χ2v) is 3.70. The van der Waals surface area contributed by atoms with Crippen molar-refractivity contribution in [1.82, 2.24) is 10.1 Å². The molecule has 0 unspecified atom stereocenters. The molecule has 0 aliphatic carbocycles. The first kappa shape index (κ1) is 12.2. The zero-order chi connectivity index (χ0) is 13.3. The summed E-state index contributed by atoms with van der Waals surface area (Å²) in [4.78, 5) is 22.0. The molecule has 0 radical (unpaired) electrons. The molecule has 0 atom stereocenters. The van der Waals surface area contributed by atoms with Gasteiger partial charge in [0.1, 0.15) is 6.34 Å². The van der Waals surface area contributed by atoms with Gasteiger partial charge in [-0.1, -0.05) is 4.52 Å². The van der Waals surface area contributed by atoms with E-state index in [2.05, 4.69) is 23.5 Å². The van der Waals surface area contributed by atoms with Crippen molar-refractivity contribution in [3.05, 3.63) is 29.3 Å². The number of anilines is 1. The minimum atomic E-state index is -1.18. The summed E-state index contributed by atoms with van der Waals surface area (Å²) in [6.07, 6.45) is 1.28. The van der Waals surface area contributed by atoms with Crippen LogP contribution < -0.4 is 10.5 Å². The van der Waals surface area contributed by atoms with Crippen LogP contribution in [0.15, 0.2) is 23.3 Å². The third kappa shape index (κ3) is 2.08. The van der Waals surface area contributed by atoms with Crippen LogP contribution >= 0.6 is 12.8 Å². The van der Waals surface area contributed by atoms with Crippen LogP contribution in [-0.2, 0) is 0 Å². The molecule has 0 spiro atoms. The van der Waals surface area contributed by atoms with Gasteiger partial charge in [0.25, 0.3) is 0 Å². The fourth-order valence-electron chi connectivity index (χ4n) is 1.43. The average molecular weight is 268 g/mol. The largest absolute Gasteiger partial charge is 0.478 e. The summed E-state index contributed by atoms with van der Waals surface area (Å²) < 4.78 is 1.12. The molecular formula is C9H8N4O4S. The first-order valence-corrected chi connectivity index (χ1v) is 5.08. The minimum Gasteiger partial charge on any atom is -0.478 e. The van der Waals surface area contributed by atoms with Gasteiger partial charge in [0.15, 0.2) is 0 Å². The molecule has 94 valence electrons. The van der Waals surface area contributed by atoms with Gasteiger partial charge in [-0.05, 0) is 31.0 Å². The number of thiol groups is 1. The molecule has 0 saturated carbocycles. The lowest BCUT2D eigenvalue weighted by Crippen LogP contribution is -2.36. The van der Waals surface area contributed by atoms with Crippen molar-refractivity contribution in [2.24, 2.45) is 5.10 Å². The predicted molar refractivity (Wildman–Crippen MR) is 65.3 cm³/mol. The van der Waals surface area contributed by atoms with Gasteiger partial charge < -0.3 is 10.2 Å². The molecule has 0 saturated heterocycles. The van der Waals surface area contributed by atoms with Gasteiger partial charge in [0.05, 0.1) is 16.8 Å². The summed E-state index contributed by atoms with van der Waals surface area (Å²) in [5, 5.41) is 22.9. The number of hydrazone groups is 1. The van der Waals surface area contributed by atoms with Gasteiger partial charge >= 0.3 is 11.9 Å². The van der Waals surface area contributed by atoms with Crippen LogP contribution in [0, 0.1) is 0 Å². The first-order chi connectivity index (χ1) is 8.50. The molecule has 3 N–H and O–H groups in total. The molecule has 0 fully saturated rings. The van der Waals surface area contributed by atoms with Crippen molar-refractivity contribution >= 4 is 36.8 Å². The van der Waals surface area contributed by atoms with E-state index in [0.717, 1.165) is 4.52 Å². The van der Waals surface area contributed by atoms with E-state index in [1.54, 1.807) is 0 Å². The molecule has 1 heterocycles. The molecule has 1 aliphatic heterocycles. The van der Waals surface area contributed by atoms with Gasteiger partial charge in [0, 0.05) is 0 Å². The van der Waals surface area contributed by atoms with E-state index in [1.165, 1.54) is 29.5 Å². The normalized spacial score (nSPS) is 14.6. The number of carboxylic acid groups (broad SMARTS) is 2. The Bertz CT molecular complexity index is 547. The second kappa shape index (κ2) is 4.55. The number of hydrogen-bond acceptors (Lipinski definition) is 7. The molecule has 8 nitrogen and oxygen atoms in total. The number of rotatable bonds is 3. The van der Waals surface area contributed by atoms with Crippen molar-refractivity contribution in [3.8, 4) is 0 Å². The van der Waals surface area contributed by atoms with Crippen molar-refractivity contribution in [1.29, 1.82) is 0 Å². The van der Waals surface area contributed by atoms with E-state index in [1.807, 2.05) is 0 Å². The summed E-state index contributed by atoms with van der Waals surface area (Å²) >= 11 is 3.98. The molecule has 0 bridgehead atoms. The van der Waals surface area contributed by atoms with Crippen molar-refractivity contribution in [2.75, 3.05) is 5.01 Å². The number of nitrogens with zero attached hydrogens (tertiary/aromatic N) is 3. The zero-order valence-corrected chi connectivity index (χ0v) is 9.70. The fourth-order valence-corrected chi connectivity index (χ4v) is 1.62. The smallest absolute Gasteiger partial charge is 0.337 e. The van der Waals surface area contributed by atoms with Crippen LogP contribution in [0.3, 0.4) is 0 Å². The monoisotopic (exact) mass is 268 g/mol. The maximum absolute atomic E-state index is 11.1. The Morgan fingerprint density at radius 1 is 1.28 bits per heavy atom. The van der Waals surface area contributed by atoms with E-state index in [-0.39, 0.29) is 16.8 Å². The summed E-state index contributed by atoms with van der Waals surface area (Å²) in [6, 6.07) is 3.67. The first-order valence-electron chi connectivity index (χ1n) is 4.68. The van der Waals surface area contributed by atoms with Crippen molar-refractivity contribution in [3.63, 3.8) is 0 Å². The van der Waals surface area contributed by atoms with E-state index in [9.17, 15) is 9.59 Å². The number of benzene rings is 1. The number of nitrogens with one attached hydrogen (secondary N) is 1. The van der Waals surface area contributed by atoms with Crippen LogP contribution in [0.4, 0.5) is 5.69 Å². The topological polar surface area (TPSA) is 105 Å². The Balaban J connectivity index is 2.53. The summed E-state index contributed by atoms with van der Waals surface area (Å²) in [5.41, 5.74) is 2.49. The highest BCUT2D eigenvalue weighted by molar-refractivity contribution is 7.77. The summed E-state index contributed by atoms with van der Waals surface area (Å²) in [6.45, 7) is 0. The van der Waals surface area contributed by atoms with Crippen LogP contribution in [0.25, 0.3) is 0 Å². The van der Waals surface area contributed by atoms with E-state index in [4.69, 9.17) is 10.2 Å². The SMILES string of the molecule is O=C(O)c1ccc(C(=O)O)c(N2C=NNN2S)c1. The Morgan fingerprint density at radius 2 is 2.00 bits per heavy atom. The third-order valence-corrected chi connectivity index (χ3v) is 2.52. The highest BCUT2D eigenvalue weighted by Crippen LogP contribution is 2.24. The molecule has 9 heteroatoms. The Labute approximate surface area is 107 Å². The average Bonchev–Trinajstić information content (AvgIpc) is 2.74. The van der Waals surface area contributed by atoms with E-state index in [0.29, 0.717) is 0 Å². The lowest BCUT2D eigenvalue weighted by atomic mass is 10.1. The molecule has 1 aliphatic rings. The lowest BCUT2D eigenvalue weighted by molar-refractivity contribution is 0.0681. The molecule has 1 aromatic carbocycles. The second-order valence-electron chi connectivity index (χ2n) is 3.32.